The summed E-state index contributed by atoms with van der Waals surface area (Å²) in [5.41, 5.74) is 4.05. The van der Waals surface area contributed by atoms with Gasteiger partial charge >= 0.3 is 0 Å². The molecule has 0 heterocycles. The Kier molecular flexibility index (Phi) is 4.89. The Morgan fingerprint density at radius 2 is 1.87 bits per heavy atom. The fourth-order valence-corrected chi connectivity index (χ4v) is 1.50. The summed E-state index contributed by atoms with van der Waals surface area (Å²) in [6.07, 6.45) is 8.80. The number of hydrogen-bond donors (Lipinski definition) is 0. The van der Waals surface area contributed by atoms with Gasteiger partial charge in [-0.15, -0.1) is 0 Å². The highest BCUT2D eigenvalue weighted by Crippen LogP contribution is 2.05. The molecule has 0 saturated heterocycles. The maximum atomic E-state index is 2.24. The Hall–Kier alpha value is -1.30. The van der Waals surface area contributed by atoms with Gasteiger partial charge in [0.15, 0.2) is 0 Å². The summed E-state index contributed by atoms with van der Waals surface area (Å²) >= 11 is 0. The van der Waals surface area contributed by atoms with Gasteiger partial charge in [0, 0.05) is 0 Å². The summed E-state index contributed by atoms with van der Waals surface area (Å²) in [5, 5.41) is 0. The van der Waals surface area contributed by atoms with Gasteiger partial charge in [0.2, 0.25) is 0 Å². The van der Waals surface area contributed by atoms with Crippen LogP contribution in [0.1, 0.15) is 31.4 Å². The van der Waals surface area contributed by atoms with Crippen LogP contribution in [-0.4, -0.2) is 0 Å². The van der Waals surface area contributed by atoms with Gasteiger partial charge in [-0.05, 0) is 32.3 Å². The van der Waals surface area contributed by atoms with Gasteiger partial charge in [-0.1, -0.05) is 60.6 Å². The largest absolute Gasteiger partial charge is 0.0819 e. The summed E-state index contributed by atoms with van der Waals surface area (Å²) in [7, 11) is 0. The molecule has 0 aliphatic heterocycles. The number of rotatable bonds is 4. The Morgan fingerprint density at radius 1 is 1.20 bits per heavy atom. The Bertz CT molecular complexity index is 339. The summed E-state index contributed by atoms with van der Waals surface area (Å²) in [6, 6.07) is 8.72. The van der Waals surface area contributed by atoms with E-state index in [1.165, 1.54) is 16.7 Å². The standard InChI is InChI=1S/C15H20/c1-4-6-13(2)7-5-8-15-11-9-14(3)10-12-15/h5-7,9-12H,4,8H2,1-3H3/b7-5-,13-6-. The van der Waals surface area contributed by atoms with Crippen LogP contribution in [-0.2, 0) is 6.42 Å². The van der Waals surface area contributed by atoms with Crippen molar-refractivity contribution < 1.29 is 0 Å². The van der Waals surface area contributed by atoms with Gasteiger partial charge in [0.1, 0.15) is 0 Å². The highest BCUT2D eigenvalue weighted by molar-refractivity contribution is 5.24. The van der Waals surface area contributed by atoms with Crippen molar-refractivity contribution >= 4 is 0 Å². The molecule has 0 spiro atoms. The quantitative estimate of drug-likeness (QED) is 0.630. The van der Waals surface area contributed by atoms with Gasteiger partial charge in [-0.25, -0.2) is 0 Å². The van der Waals surface area contributed by atoms with E-state index in [-0.39, 0.29) is 0 Å². The first-order chi connectivity index (χ1) is 7.22. The Balaban J connectivity index is 2.50. The lowest BCUT2D eigenvalue weighted by atomic mass is 10.1. The highest BCUT2D eigenvalue weighted by atomic mass is 13.9. The van der Waals surface area contributed by atoms with Crippen molar-refractivity contribution in [3.63, 3.8) is 0 Å². The third kappa shape index (κ3) is 4.64. The SMILES string of the molecule is CC/C=C(C)\C=C/Cc1ccc(C)cc1. The molecule has 0 heteroatoms. The molecule has 0 saturated carbocycles. The topological polar surface area (TPSA) is 0 Å². The van der Waals surface area contributed by atoms with Crippen LogP contribution >= 0.6 is 0 Å². The molecule has 0 aromatic heterocycles. The molecule has 0 radical (unpaired) electrons. The van der Waals surface area contributed by atoms with Crippen LogP contribution in [0, 0.1) is 6.92 Å². The first-order valence-corrected chi connectivity index (χ1v) is 5.61. The predicted octanol–water partition coefficient (Wildman–Crippen LogP) is 4.45. The Labute approximate surface area is 93.3 Å². The second-order valence-corrected chi connectivity index (χ2v) is 3.95. The first kappa shape index (κ1) is 11.8. The minimum Gasteiger partial charge on any atom is -0.0819 e. The van der Waals surface area contributed by atoms with E-state index in [9.17, 15) is 0 Å². The van der Waals surface area contributed by atoms with E-state index in [2.05, 4.69) is 63.3 Å². The van der Waals surface area contributed by atoms with E-state index in [1.54, 1.807) is 0 Å². The fraction of sp³-hybridized carbons (Fsp3) is 0.333. The molecule has 0 unspecified atom stereocenters. The van der Waals surface area contributed by atoms with E-state index in [0.717, 1.165) is 12.8 Å². The van der Waals surface area contributed by atoms with Gasteiger partial charge in [0.05, 0.1) is 0 Å². The van der Waals surface area contributed by atoms with Gasteiger partial charge < -0.3 is 0 Å². The molecule has 80 valence electrons. The van der Waals surface area contributed by atoms with E-state index >= 15 is 0 Å². The molecule has 0 aliphatic carbocycles. The molecule has 1 rings (SSSR count). The first-order valence-electron chi connectivity index (χ1n) is 5.61. The minimum absolute atomic E-state index is 1.02. The maximum Gasteiger partial charge on any atom is -0.00942 e. The zero-order valence-corrected chi connectivity index (χ0v) is 9.96. The van der Waals surface area contributed by atoms with E-state index < -0.39 is 0 Å². The number of allylic oxidation sites excluding steroid dienone is 4. The molecule has 0 nitrogen and oxygen atoms in total. The molecular formula is C15H20. The van der Waals surface area contributed by atoms with Crippen LogP contribution in [0.15, 0.2) is 48.1 Å². The van der Waals surface area contributed by atoms with Crippen LogP contribution < -0.4 is 0 Å². The molecule has 0 bridgehead atoms. The fourth-order valence-electron chi connectivity index (χ4n) is 1.50. The molecule has 1 aromatic rings. The average molecular weight is 200 g/mol. The lowest BCUT2D eigenvalue weighted by molar-refractivity contribution is 1.19. The van der Waals surface area contributed by atoms with Crippen molar-refractivity contribution in [3.8, 4) is 0 Å². The minimum atomic E-state index is 1.02. The predicted molar refractivity (Wildman–Crippen MR) is 68.1 cm³/mol. The zero-order chi connectivity index (χ0) is 11.1. The summed E-state index contributed by atoms with van der Waals surface area (Å²) in [6.45, 7) is 6.43. The van der Waals surface area contributed by atoms with Crippen LogP contribution in [0.25, 0.3) is 0 Å². The van der Waals surface area contributed by atoms with Crippen LogP contribution in [0.3, 0.4) is 0 Å². The van der Waals surface area contributed by atoms with Crippen LogP contribution in [0.4, 0.5) is 0 Å². The van der Waals surface area contributed by atoms with Crippen molar-refractivity contribution in [2.75, 3.05) is 0 Å². The van der Waals surface area contributed by atoms with E-state index in [4.69, 9.17) is 0 Å². The van der Waals surface area contributed by atoms with Crippen molar-refractivity contribution in [3.05, 3.63) is 59.2 Å². The summed E-state index contributed by atoms with van der Waals surface area (Å²) in [5.74, 6) is 0. The van der Waals surface area contributed by atoms with Gasteiger partial charge in [0.25, 0.3) is 0 Å². The van der Waals surface area contributed by atoms with Gasteiger partial charge in [-0.2, -0.15) is 0 Å². The van der Waals surface area contributed by atoms with Gasteiger partial charge in [-0.3, -0.25) is 0 Å². The molecule has 0 fully saturated rings. The average Bonchev–Trinajstić information content (AvgIpc) is 2.21. The summed E-state index contributed by atoms with van der Waals surface area (Å²) < 4.78 is 0. The maximum absolute atomic E-state index is 2.24. The van der Waals surface area contributed by atoms with E-state index in [1.807, 2.05) is 0 Å². The second-order valence-electron chi connectivity index (χ2n) is 3.95. The molecule has 15 heavy (non-hydrogen) atoms. The molecule has 0 atom stereocenters. The van der Waals surface area contributed by atoms with E-state index in [0.29, 0.717) is 0 Å². The molecule has 1 aromatic carbocycles. The van der Waals surface area contributed by atoms with Crippen molar-refractivity contribution in [1.29, 1.82) is 0 Å². The smallest absolute Gasteiger partial charge is 0.00942 e. The van der Waals surface area contributed by atoms with Crippen LogP contribution in [0.5, 0.6) is 0 Å². The molecule has 0 aliphatic rings. The van der Waals surface area contributed by atoms with Crippen molar-refractivity contribution in [1.82, 2.24) is 0 Å². The lowest BCUT2D eigenvalue weighted by Crippen LogP contribution is -1.81. The molecule has 0 N–H and O–H groups in total. The molecule has 0 amide bonds. The van der Waals surface area contributed by atoms with Crippen molar-refractivity contribution in [2.45, 2.75) is 33.6 Å². The Morgan fingerprint density at radius 3 is 2.47 bits per heavy atom. The van der Waals surface area contributed by atoms with Crippen molar-refractivity contribution in [2.24, 2.45) is 0 Å². The lowest BCUT2D eigenvalue weighted by Gasteiger charge is -1.97. The zero-order valence-electron chi connectivity index (χ0n) is 9.96. The summed E-state index contributed by atoms with van der Waals surface area (Å²) in [4.78, 5) is 0. The number of benzene rings is 1. The third-order valence-corrected chi connectivity index (χ3v) is 2.38. The normalized spacial score (nSPS) is 12.3. The second kappa shape index (κ2) is 6.23. The number of hydrogen-bond acceptors (Lipinski definition) is 0. The number of aryl methyl sites for hydroxylation is 1. The monoisotopic (exact) mass is 200 g/mol. The molecular weight excluding hydrogens is 180 g/mol. The third-order valence-electron chi connectivity index (χ3n) is 2.38. The van der Waals surface area contributed by atoms with Crippen LogP contribution in [0.2, 0.25) is 0 Å². The highest BCUT2D eigenvalue weighted by Gasteiger charge is 1.88.